The van der Waals surface area contributed by atoms with Gasteiger partial charge in [0.05, 0.1) is 20.2 Å². The Morgan fingerprint density at radius 2 is 1.85 bits per heavy atom. The number of methoxy groups -OCH3 is 1. The maximum absolute atomic E-state index is 12.1. The molecule has 0 atom stereocenters. The van der Waals surface area contributed by atoms with Gasteiger partial charge in [0.1, 0.15) is 0 Å². The second-order valence-corrected chi connectivity index (χ2v) is 5.95. The van der Waals surface area contributed by atoms with Gasteiger partial charge < -0.3 is 20.3 Å². The summed E-state index contributed by atoms with van der Waals surface area (Å²) in [6.07, 6.45) is 1.67. The van der Waals surface area contributed by atoms with Crippen molar-refractivity contribution in [1.29, 1.82) is 0 Å². The number of likely N-dealkylation sites (tertiary alicyclic amines) is 1. The van der Waals surface area contributed by atoms with Crippen molar-refractivity contribution >= 4 is 23.6 Å². The molecule has 2 amide bonds. The van der Waals surface area contributed by atoms with Gasteiger partial charge in [-0.25, -0.2) is 9.79 Å². The summed E-state index contributed by atoms with van der Waals surface area (Å²) in [5, 5.41) is 8.82. The summed E-state index contributed by atoms with van der Waals surface area (Å²) in [6.45, 7) is 5.10. The van der Waals surface area contributed by atoms with Crippen LogP contribution < -0.4 is 16.0 Å². The minimum absolute atomic E-state index is 0.103. The molecular weight excluding hydrogens is 334 g/mol. The quantitative estimate of drug-likeness (QED) is 0.528. The molecule has 0 radical (unpaired) electrons. The molecular formula is C18H27N5O3. The highest BCUT2D eigenvalue weighted by Gasteiger charge is 2.17. The summed E-state index contributed by atoms with van der Waals surface area (Å²) >= 11 is 0. The maximum Gasteiger partial charge on any atom is 0.411 e. The Bertz CT molecular complexity index is 624. The van der Waals surface area contributed by atoms with Crippen molar-refractivity contribution in [3.63, 3.8) is 0 Å². The second kappa shape index (κ2) is 10.3. The molecule has 26 heavy (non-hydrogen) atoms. The fraction of sp³-hybridized carbons (Fsp3) is 0.500. The molecule has 0 bridgehead atoms. The molecule has 0 aliphatic carbocycles. The average molecular weight is 361 g/mol. The molecule has 1 aliphatic rings. The van der Waals surface area contributed by atoms with E-state index >= 15 is 0 Å². The molecule has 2 rings (SSSR count). The monoisotopic (exact) mass is 361 g/mol. The predicted octanol–water partition coefficient (Wildman–Crippen LogP) is 1.54. The molecule has 8 nitrogen and oxygen atoms in total. The van der Waals surface area contributed by atoms with Crippen LogP contribution in [0.4, 0.5) is 10.5 Å². The van der Waals surface area contributed by atoms with Crippen LogP contribution in [0.1, 0.15) is 25.3 Å². The van der Waals surface area contributed by atoms with Gasteiger partial charge in [-0.05, 0) is 37.5 Å². The minimum atomic E-state index is -0.503. The molecule has 1 aliphatic heterocycles. The van der Waals surface area contributed by atoms with Gasteiger partial charge in [-0.2, -0.15) is 0 Å². The third-order valence-electron chi connectivity index (χ3n) is 4.02. The number of amides is 2. The lowest BCUT2D eigenvalue weighted by Gasteiger charge is -2.17. The lowest BCUT2D eigenvalue weighted by atomic mass is 10.2. The minimum Gasteiger partial charge on any atom is -0.453 e. The molecule has 142 valence electrons. The van der Waals surface area contributed by atoms with Gasteiger partial charge in [-0.15, -0.1) is 0 Å². The zero-order valence-electron chi connectivity index (χ0n) is 15.4. The van der Waals surface area contributed by atoms with Gasteiger partial charge in [0.25, 0.3) is 0 Å². The largest absolute Gasteiger partial charge is 0.453 e. The van der Waals surface area contributed by atoms with E-state index in [1.54, 1.807) is 12.1 Å². The van der Waals surface area contributed by atoms with Gasteiger partial charge in [0.2, 0.25) is 5.91 Å². The lowest BCUT2D eigenvalue weighted by molar-refractivity contribution is -0.128. The zero-order chi connectivity index (χ0) is 18.8. The first-order valence-electron chi connectivity index (χ1n) is 8.86. The van der Waals surface area contributed by atoms with Crippen LogP contribution in [-0.4, -0.2) is 56.1 Å². The average Bonchev–Trinajstić information content (AvgIpc) is 3.19. The number of carbonyl (C=O) groups is 2. The molecule has 8 heteroatoms. The molecule has 1 aromatic rings. The van der Waals surface area contributed by atoms with E-state index < -0.39 is 6.09 Å². The van der Waals surface area contributed by atoms with Crippen LogP contribution in [0.3, 0.4) is 0 Å². The van der Waals surface area contributed by atoms with Gasteiger partial charge >= 0.3 is 6.09 Å². The summed E-state index contributed by atoms with van der Waals surface area (Å²) < 4.78 is 4.55. The van der Waals surface area contributed by atoms with Crippen molar-refractivity contribution < 1.29 is 14.3 Å². The molecule has 1 saturated heterocycles. The van der Waals surface area contributed by atoms with Crippen LogP contribution in [0.5, 0.6) is 0 Å². The number of carbonyl (C=O) groups excluding carboxylic acids is 2. The van der Waals surface area contributed by atoms with E-state index in [4.69, 9.17) is 0 Å². The third kappa shape index (κ3) is 6.27. The van der Waals surface area contributed by atoms with Crippen LogP contribution >= 0.6 is 0 Å². The van der Waals surface area contributed by atoms with E-state index in [9.17, 15) is 9.59 Å². The first-order chi connectivity index (χ1) is 12.6. The Morgan fingerprint density at radius 3 is 2.46 bits per heavy atom. The fourth-order valence-electron chi connectivity index (χ4n) is 2.61. The van der Waals surface area contributed by atoms with Crippen LogP contribution in [0, 0.1) is 0 Å². The number of nitrogens with zero attached hydrogens (tertiary/aromatic N) is 2. The number of ether oxygens (including phenoxy) is 1. The number of anilines is 1. The van der Waals surface area contributed by atoms with Crippen LogP contribution in [0.25, 0.3) is 0 Å². The molecule has 0 saturated carbocycles. The third-order valence-corrected chi connectivity index (χ3v) is 4.02. The number of aliphatic imine (C=N–C) groups is 1. The molecule has 3 N–H and O–H groups in total. The number of rotatable bonds is 6. The van der Waals surface area contributed by atoms with Gasteiger partial charge in [-0.3, -0.25) is 10.1 Å². The second-order valence-electron chi connectivity index (χ2n) is 5.95. The van der Waals surface area contributed by atoms with Crippen molar-refractivity contribution in [1.82, 2.24) is 15.5 Å². The Kier molecular flexibility index (Phi) is 7.73. The number of hydrogen-bond donors (Lipinski definition) is 3. The SMILES string of the molecule is CCNC(=NCc1ccc(NC(=O)OC)cc1)NCC(=O)N1CCCC1. The van der Waals surface area contributed by atoms with Crippen LogP contribution in [0.2, 0.25) is 0 Å². The van der Waals surface area contributed by atoms with Gasteiger partial charge in [0, 0.05) is 25.3 Å². The first kappa shape index (κ1) is 19.6. The van der Waals surface area contributed by atoms with Gasteiger partial charge in [0.15, 0.2) is 5.96 Å². The first-order valence-corrected chi connectivity index (χ1v) is 8.86. The van der Waals surface area contributed by atoms with E-state index in [2.05, 4.69) is 25.7 Å². The predicted molar refractivity (Wildman–Crippen MR) is 101 cm³/mol. The number of hydrogen-bond acceptors (Lipinski definition) is 4. The summed E-state index contributed by atoms with van der Waals surface area (Å²) in [5.74, 6) is 0.711. The van der Waals surface area contributed by atoms with Crippen molar-refractivity contribution in [3.8, 4) is 0 Å². The van der Waals surface area contributed by atoms with E-state index in [0.717, 1.165) is 31.5 Å². The van der Waals surface area contributed by atoms with Gasteiger partial charge in [-0.1, -0.05) is 12.1 Å². The fourth-order valence-corrected chi connectivity index (χ4v) is 2.61. The normalized spacial score (nSPS) is 14.1. The molecule has 0 unspecified atom stereocenters. The standard InChI is InChI=1S/C18H27N5O3/c1-3-19-17(21-13-16(24)23-10-4-5-11-23)20-12-14-6-8-15(9-7-14)22-18(25)26-2/h6-9H,3-5,10-13H2,1-2H3,(H,22,25)(H2,19,20,21). The Labute approximate surface area is 154 Å². The molecule has 1 heterocycles. The van der Waals surface area contributed by atoms with E-state index in [1.807, 2.05) is 24.0 Å². The van der Waals surface area contributed by atoms with E-state index in [1.165, 1.54) is 7.11 Å². The lowest BCUT2D eigenvalue weighted by Crippen LogP contribution is -2.44. The summed E-state index contributed by atoms with van der Waals surface area (Å²) in [6, 6.07) is 7.35. The van der Waals surface area contributed by atoms with Crippen molar-refractivity contribution in [2.75, 3.05) is 38.6 Å². The zero-order valence-corrected chi connectivity index (χ0v) is 15.4. The Hall–Kier alpha value is -2.77. The van der Waals surface area contributed by atoms with Crippen molar-refractivity contribution in [3.05, 3.63) is 29.8 Å². The molecule has 1 aromatic carbocycles. The summed E-state index contributed by atoms with van der Waals surface area (Å²) in [5.41, 5.74) is 1.65. The maximum atomic E-state index is 12.1. The molecule has 1 fully saturated rings. The highest BCUT2D eigenvalue weighted by Crippen LogP contribution is 2.10. The number of nitrogens with one attached hydrogen (secondary N) is 3. The Balaban J connectivity index is 1.87. The van der Waals surface area contributed by atoms with E-state index in [-0.39, 0.29) is 12.5 Å². The number of benzene rings is 1. The topological polar surface area (TPSA) is 95.1 Å². The molecule has 0 spiro atoms. The van der Waals surface area contributed by atoms with Crippen LogP contribution in [0.15, 0.2) is 29.3 Å². The summed E-state index contributed by atoms with van der Waals surface area (Å²) in [4.78, 5) is 29.7. The highest BCUT2D eigenvalue weighted by atomic mass is 16.5. The summed E-state index contributed by atoms with van der Waals surface area (Å²) in [7, 11) is 1.32. The van der Waals surface area contributed by atoms with Crippen molar-refractivity contribution in [2.45, 2.75) is 26.3 Å². The van der Waals surface area contributed by atoms with Crippen LogP contribution in [-0.2, 0) is 16.1 Å². The van der Waals surface area contributed by atoms with Crippen molar-refractivity contribution in [2.24, 2.45) is 4.99 Å². The van der Waals surface area contributed by atoms with E-state index in [0.29, 0.717) is 24.7 Å². The molecule has 0 aromatic heterocycles. The highest BCUT2D eigenvalue weighted by molar-refractivity contribution is 5.86. The Morgan fingerprint density at radius 1 is 1.15 bits per heavy atom. The smallest absolute Gasteiger partial charge is 0.411 e. The number of guanidine groups is 1.